The fraction of sp³-hybridized carbons (Fsp3) is 0.259. The number of ether oxygens (including phenoxy) is 1. The van der Waals surface area contributed by atoms with Gasteiger partial charge >= 0.3 is 0 Å². The number of thiophene rings is 1. The van der Waals surface area contributed by atoms with E-state index in [0.29, 0.717) is 26.1 Å². The van der Waals surface area contributed by atoms with Gasteiger partial charge in [-0.15, -0.1) is 21.5 Å². The largest absolute Gasteiger partial charge is 0.497 e. The first-order valence-corrected chi connectivity index (χ1v) is 12.9. The van der Waals surface area contributed by atoms with Gasteiger partial charge in [0.05, 0.1) is 23.9 Å². The number of rotatable bonds is 5. The number of carbonyl (C=O) groups is 1. The number of fused-ring (bicyclic) bond motifs is 3. The number of hydrogen-bond acceptors (Lipinski definition) is 7. The summed E-state index contributed by atoms with van der Waals surface area (Å²) in [6, 6.07) is 19.8. The number of nitrogens with zero attached hydrogens (tertiary/aromatic N) is 6. The maximum absolute atomic E-state index is 13.2. The topological polar surface area (TPSA) is 75.9 Å². The van der Waals surface area contributed by atoms with Gasteiger partial charge in [0.15, 0.2) is 11.5 Å². The van der Waals surface area contributed by atoms with Gasteiger partial charge in [-0.25, -0.2) is 9.38 Å². The van der Waals surface area contributed by atoms with E-state index in [0.717, 1.165) is 44.5 Å². The third kappa shape index (κ3) is 3.95. The third-order valence-electron chi connectivity index (χ3n) is 6.69. The minimum absolute atomic E-state index is 0.0295. The molecule has 1 fully saturated rings. The van der Waals surface area contributed by atoms with Crippen LogP contribution in [0.15, 0.2) is 66.0 Å². The Morgan fingerprint density at radius 2 is 1.97 bits per heavy atom. The molecule has 4 heterocycles. The molecule has 3 aromatic heterocycles. The smallest absolute Gasteiger partial charge is 0.227 e. The molecule has 6 rings (SSSR count). The van der Waals surface area contributed by atoms with Gasteiger partial charge in [-0.1, -0.05) is 30.3 Å². The molecule has 0 N–H and O–H groups in total. The molecule has 1 saturated heterocycles. The lowest BCUT2D eigenvalue weighted by Gasteiger charge is -2.40. The monoisotopic (exact) mass is 498 g/mol. The Bertz CT molecular complexity index is 1550. The number of piperazine rings is 1. The summed E-state index contributed by atoms with van der Waals surface area (Å²) >= 11 is 1.63. The van der Waals surface area contributed by atoms with Crippen LogP contribution in [-0.4, -0.2) is 63.2 Å². The Labute approximate surface area is 212 Å². The molecule has 8 nitrogen and oxygen atoms in total. The van der Waals surface area contributed by atoms with Crippen LogP contribution in [0.2, 0.25) is 0 Å². The molecule has 9 heteroatoms. The number of amides is 1. The van der Waals surface area contributed by atoms with Crippen LogP contribution < -0.4 is 9.64 Å². The number of benzene rings is 2. The molecule has 1 aliphatic heterocycles. The molecule has 0 unspecified atom stereocenters. The maximum atomic E-state index is 13.2. The molecule has 0 spiro atoms. The molecule has 2 aromatic carbocycles. The van der Waals surface area contributed by atoms with Gasteiger partial charge in [-0.2, -0.15) is 0 Å². The van der Waals surface area contributed by atoms with Crippen molar-refractivity contribution in [2.45, 2.75) is 19.4 Å². The first-order chi connectivity index (χ1) is 17.6. The van der Waals surface area contributed by atoms with Crippen LogP contribution in [-0.2, 0) is 11.2 Å². The summed E-state index contributed by atoms with van der Waals surface area (Å²) in [5.74, 6) is 2.48. The van der Waals surface area contributed by atoms with Crippen LogP contribution in [0.5, 0.6) is 5.75 Å². The number of carbonyl (C=O) groups excluding carboxylic acids is 1. The number of aromatic nitrogens is 4. The lowest BCUT2D eigenvalue weighted by molar-refractivity contribution is -0.132. The van der Waals surface area contributed by atoms with E-state index in [1.165, 1.54) is 0 Å². The molecular formula is C27H26N6O2S. The zero-order valence-corrected chi connectivity index (χ0v) is 21.0. The highest BCUT2D eigenvalue weighted by molar-refractivity contribution is 7.13. The predicted molar refractivity (Wildman–Crippen MR) is 142 cm³/mol. The molecular weight excluding hydrogens is 472 g/mol. The van der Waals surface area contributed by atoms with Gasteiger partial charge in [0.1, 0.15) is 5.75 Å². The minimum atomic E-state index is 0.0295. The Balaban J connectivity index is 1.31. The minimum Gasteiger partial charge on any atom is -0.497 e. The fourth-order valence-corrected chi connectivity index (χ4v) is 5.61. The lowest BCUT2D eigenvalue weighted by atomic mass is 10.1. The molecule has 182 valence electrons. The van der Waals surface area contributed by atoms with Crippen molar-refractivity contribution in [1.82, 2.24) is 24.5 Å². The molecule has 1 aliphatic rings. The fourth-order valence-electron chi connectivity index (χ4n) is 4.91. The van der Waals surface area contributed by atoms with Gasteiger partial charge < -0.3 is 14.5 Å². The van der Waals surface area contributed by atoms with Gasteiger partial charge in [0.2, 0.25) is 11.9 Å². The van der Waals surface area contributed by atoms with Crippen molar-refractivity contribution in [1.29, 1.82) is 0 Å². The van der Waals surface area contributed by atoms with Crippen molar-refractivity contribution in [2.24, 2.45) is 0 Å². The Hall–Kier alpha value is -3.98. The Morgan fingerprint density at radius 3 is 2.78 bits per heavy atom. The van der Waals surface area contributed by atoms with E-state index in [1.807, 2.05) is 64.9 Å². The van der Waals surface area contributed by atoms with Crippen LogP contribution >= 0.6 is 11.3 Å². The summed E-state index contributed by atoms with van der Waals surface area (Å²) in [7, 11) is 1.64. The number of hydrogen-bond donors (Lipinski definition) is 0. The zero-order chi connectivity index (χ0) is 24.6. The zero-order valence-electron chi connectivity index (χ0n) is 20.2. The highest BCUT2D eigenvalue weighted by atomic mass is 32.1. The van der Waals surface area contributed by atoms with E-state index in [1.54, 1.807) is 18.4 Å². The average Bonchev–Trinajstić information content (AvgIpc) is 3.58. The van der Waals surface area contributed by atoms with Crippen LogP contribution in [0.4, 0.5) is 5.95 Å². The molecule has 36 heavy (non-hydrogen) atoms. The second-order valence-electron chi connectivity index (χ2n) is 9.00. The van der Waals surface area contributed by atoms with Crippen molar-refractivity contribution in [3.05, 3.63) is 71.6 Å². The van der Waals surface area contributed by atoms with E-state index in [9.17, 15) is 4.79 Å². The van der Waals surface area contributed by atoms with Gasteiger partial charge in [0.25, 0.3) is 0 Å². The van der Waals surface area contributed by atoms with Gasteiger partial charge in [0, 0.05) is 31.1 Å². The van der Waals surface area contributed by atoms with Crippen LogP contribution in [0.1, 0.15) is 12.5 Å². The first-order valence-electron chi connectivity index (χ1n) is 12.0. The summed E-state index contributed by atoms with van der Waals surface area (Å²) in [5.41, 5.74) is 2.63. The maximum Gasteiger partial charge on any atom is 0.227 e. The van der Waals surface area contributed by atoms with Crippen LogP contribution in [0.25, 0.3) is 27.3 Å². The molecule has 0 saturated carbocycles. The molecule has 5 aromatic rings. The highest BCUT2D eigenvalue weighted by Crippen LogP contribution is 2.31. The lowest BCUT2D eigenvalue weighted by Crippen LogP contribution is -2.55. The Morgan fingerprint density at radius 1 is 1.08 bits per heavy atom. The highest BCUT2D eigenvalue weighted by Gasteiger charge is 2.30. The van der Waals surface area contributed by atoms with Gasteiger partial charge in [-0.3, -0.25) is 4.79 Å². The quantitative estimate of drug-likeness (QED) is 0.360. The van der Waals surface area contributed by atoms with E-state index < -0.39 is 0 Å². The van der Waals surface area contributed by atoms with Crippen LogP contribution in [0.3, 0.4) is 0 Å². The number of methoxy groups -OCH3 is 1. The molecule has 0 aliphatic carbocycles. The van der Waals surface area contributed by atoms with E-state index in [-0.39, 0.29) is 11.9 Å². The average molecular weight is 499 g/mol. The molecule has 1 atom stereocenters. The SMILES string of the molecule is COc1cccc(CC(=O)N2CCN(c3nc4ccccc4c4nnc(-c5cccs5)n34)C[C@H]2C)c1. The standard InChI is InChI=1S/C27H26N6O2S/c1-18-17-31(12-13-32(18)24(34)16-19-7-5-8-20(15-19)35-2)27-28-22-10-4-3-9-21(22)25-29-30-26(33(25)27)23-11-6-14-36-23/h3-11,14-15,18H,12-13,16-17H2,1-2H3/t18-/m1/s1. The van der Waals surface area contributed by atoms with Crippen molar-refractivity contribution in [3.63, 3.8) is 0 Å². The van der Waals surface area contributed by atoms with E-state index in [4.69, 9.17) is 9.72 Å². The predicted octanol–water partition coefficient (Wildman–Crippen LogP) is 4.29. The van der Waals surface area contributed by atoms with E-state index >= 15 is 0 Å². The summed E-state index contributed by atoms with van der Waals surface area (Å²) < 4.78 is 7.38. The second-order valence-corrected chi connectivity index (χ2v) is 9.95. The van der Waals surface area contributed by atoms with E-state index in [2.05, 4.69) is 32.5 Å². The normalized spacial score (nSPS) is 16.1. The van der Waals surface area contributed by atoms with Crippen molar-refractivity contribution >= 4 is 39.7 Å². The molecule has 1 amide bonds. The summed E-state index contributed by atoms with van der Waals surface area (Å²) in [6.45, 7) is 4.07. The van der Waals surface area contributed by atoms with Crippen molar-refractivity contribution in [2.75, 3.05) is 31.6 Å². The molecule has 0 radical (unpaired) electrons. The van der Waals surface area contributed by atoms with Crippen molar-refractivity contribution in [3.8, 4) is 16.5 Å². The number of anilines is 1. The second kappa shape index (κ2) is 9.23. The summed E-state index contributed by atoms with van der Waals surface area (Å²) in [4.78, 5) is 23.5. The van der Waals surface area contributed by atoms with Crippen molar-refractivity contribution < 1.29 is 9.53 Å². The van der Waals surface area contributed by atoms with Gasteiger partial charge in [-0.05, 0) is 48.2 Å². The summed E-state index contributed by atoms with van der Waals surface area (Å²) in [6.07, 6.45) is 0.355. The number of para-hydroxylation sites is 1. The molecule has 0 bridgehead atoms. The van der Waals surface area contributed by atoms with Crippen LogP contribution in [0, 0.1) is 0 Å². The summed E-state index contributed by atoms with van der Waals surface area (Å²) in [5, 5.41) is 12.1. The Kier molecular flexibility index (Phi) is 5.77. The third-order valence-corrected chi connectivity index (χ3v) is 7.56. The first kappa shape index (κ1) is 22.5.